The molecule has 5 heteroatoms. The Hall–Kier alpha value is -3.08. The molecule has 2 heterocycles. The molecular weight excluding hydrogens is 316 g/mol. The van der Waals surface area contributed by atoms with Crippen molar-refractivity contribution in [1.82, 2.24) is 4.57 Å². The number of rotatable bonds is 2. The molecule has 1 atom stereocenters. The lowest BCUT2D eigenvalue weighted by molar-refractivity contribution is 0.102. The van der Waals surface area contributed by atoms with E-state index in [1.54, 1.807) is 16.7 Å². The molecule has 0 bridgehead atoms. The van der Waals surface area contributed by atoms with Gasteiger partial charge < -0.3 is 15.0 Å². The Balaban J connectivity index is 1.89. The zero-order valence-electron chi connectivity index (χ0n) is 14.0. The molecule has 3 aromatic rings. The Morgan fingerprint density at radius 1 is 1.24 bits per heavy atom. The number of nitrogens with zero attached hydrogens (tertiary/aromatic N) is 1. The molecule has 126 valence electrons. The number of carbonyl (C=O) groups excluding carboxylic acids is 1. The maximum Gasteiger partial charge on any atom is 0.268 e. The number of aryl methyl sites for hydroxylation is 1. The number of nitrogens with one attached hydrogen (secondary N) is 1. The van der Waals surface area contributed by atoms with Gasteiger partial charge in [-0.1, -0.05) is 24.3 Å². The molecule has 0 fully saturated rings. The second-order valence-electron chi connectivity index (χ2n) is 6.59. The third kappa shape index (κ3) is 2.31. The number of aromatic nitrogens is 1. The average molecular weight is 334 g/mol. The molecule has 1 aromatic heterocycles. The normalized spacial score (nSPS) is 15.5. The fourth-order valence-electron chi connectivity index (χ4n) is 3.64. The Bertz CT molecular complexity index is 1080. The van der Waals surface area contributed by atoms with E-state index in [0.29, 0.717) is 11.1 Å². The number of hydrogen-bond donors (Lipinski definition) is 2. The lowest BCUT2D eigenvalue weighted by Gasteiger charge is -2.14. The molecule has 2 aromatic carbocycles. The fraction of sp³-hybridized carbons (Fsp3) is 0.200. The van der Waals surface area contributed by atoms with Gasteiger partial charge in [0.25, 0.3) is 11.5 Å². The molecule has 1 aliphatic heterocycles. The molecule has 4 rings (SSSR count). The van der Waals surface area contributed by atoms with Gasteiger partial charge in [-0.25, -0.2) is 0 Å². The Labute approximate surface area is 144 Å². The minimum atomic E-state index is -0.594. The van der Waals surface area contributed by atoms with Gasteiger partial charge in [-0.2, -0.15) is 0 Å². The van der Waals surface area contributed by atoms with Crippen molar-refractivity contribution in [3.63, 3.8) is 0 Å². The summed E-state index contributed by atoms with van der Waals surface area (Å²) in [6.45, 7) is 3.86. The van der Waals surface area contributed by atoms with Crippen molar-refractivity contribution in [2.45, 2.75) is 26.3 Å². The summed E-state index contributed by atoms with van der Waals surface area (Å²) in [6, 6.07) is 12.8. The standard InChI is InChI=1S/C20H18N2O3/c1-11-5-3-7-14(9-11)21-19(24)16-18(23)15-8-4-6-13-10-12(2)22(17(13)15)20(16)25/h3-9,12,23H,10H2,1-2H3,(H,21,24)/t12-/m0/s1. The molecule has 0 unspecified atom stereocenters. The lowest BCUT2D eigenvalue weighted by atomic mass is 10.1. The predicted molar refractivity (Wildman–Crippen MR) is 97.4 cm³/mol. The molecule has 0 radical (unpaired) electrons. The highest BCUT2D eigenvalue weighted by Crippen LogP contribution is 2.36. The summed E-state index contributed by atoms with van der Waals surface area (Å²) in [6.07, 6.45) is 0.717. The van der Waals surface area contributed by atoms with Crippen molar-refractivity contribution in [1.29, 1.82) is 0 Å². The molecule has 2 N–H and O–H groups in total. The van der Waals surface area contributed by atoms with Crippen molar-refractivity contribution in [2.24, 2.45) is 0 Å². The Morgan fingerprint density at radius 3 is 2.76 bits per heavy atom. The highest BCUT2D eigenvalue weighted by atomic mass is 16.3. The monoisotopic (exact) mass is 334 g/mol. The number of hydrogen-bond acceptors (Lipinski definition) is 3. The topological polar surface area (TPSA) is 71.3 Å². The summed E-state index contributed by atoms with van der Waals surface area (Å²) in [7, 11) is 0. The van der Waals surface area contributed by atoms with Gasteiger partial charge in [-0.05, 0) is 49.6 Å². The fourth-order valence-corrected chi connectivity index (χ4v) is 3.64. The summed E-state index contributed by atoms with van der Waals surface area (Å²) in [5.41, 5.74) is 2.67. The van der Waals surface area contributed by atoms with Crippen LogP contribution in [0.25, 0.3) is 10.9 Å². The molecule has 0 aliphatic carbocycles. The number of amides is 1. The molecule has 1 aliphatic rings. The third-order valence-electron chi connectivity index (χ3n) is 4.74. The summed E-state index contributed by atoms with van der Waals surface area (Å²) >= 11 is 0. The summed E-state index contributed by atoms with van der Waals surface area (Å²) < 4.78 is 1.62. The van der Waals surface area contributed by atoms with E-state index in [1.807, 2.05) is 44.2 Å². The first-order valence-electron chi connectivity index (χ1n) is 8.24. The smallest absolute Gasteiger partial charge is 0.268 e. The Kier molecular flexibility index (Phi) is 3.39. The second kappa shape index (κ2) is 5.48. The van der Waals surface area contributed by atoms with E-state index in [9.17, 15) is 14.7 Å². The van der Waals surface area contributed by atoms with Crippen LogP contribution in [-0.4, -0.2) is 15.6 Å². The lowest BCUT2D eigenvalue weighted by Crippen LogP contribution is -2.30. The first-order chi connectivity index (χ1) is 12.0. The average Bonchev–Trinajstić information content (AvgIpc) is 2.89. The van der Waals surface area contributed by atoms with Gasteiger partial charge in [0, 0.05) is 17.1 Å². The van der Waals surface area contributed by atoms with Gasteiger partial charge in [0.15, 0.2) is 0 Å². The van der Waals surface area contributed by atoms with Gasteiger partial charge in [-0.15, -0.1) is 0 Å². The minimum absolute atomic E-state index is 0.0430. The minimum Gasteiger partial charge on any atom is -0.506 e. The molecule has 0 saturated carbocycles. The molecule has 5 nitrogen and oxygen atoms in total. The maximum atomic E-state index is 12.9. The summed E-state index contributed by atoms with van der Waals surface area (Å²) in [4.78, 5) is 25.6. The third-order valence-corrected chi connectivity index (χ3v) is 4.74. The molecule has 25 heavy (non-hydrogen) atoms. The number of aromatic hydroxyl groups is 1. The largest absolute Gasteiger partial charge is 0.506 e. The van der Waals surface area contributed by atoms with Gasteiger partial charge >= 0.3 is 0 Å². The highest BCUT2D eigenvalue weighted by molar-refractivity contribution is 6.09. The zero-order chi connectivity index (χ0) is 17.7. The van der Waals surface area contributed by atoms with Crippen LogP contribution >= 0.6 is 0 Å². The van der Waals surface area contributed by atoms with E-state index in [0.717, 1.165) is 23.1 Å². The zero-order valence-corrected chi connectivity index (χ0v) is 14.0. The van der Waals surface area contributed by atoms with E-state index in [4.69, 9.17) is 0 Å². The van der Waals surface area contributed by atoms with Gasteiger partial charge in [-0.3, -0.25) is 9.59 Å². The molecule has 0 saturated heterocycles. The van der Waals surface area contributed by atoms with E-state index in [-0.39, 0.29) is 17.4 Å². The molecule has 0 spiro atoms. The van der Waals surface area contributed by atoms with Crippen molar-refractivity contribution >= 4 is 22.5 Å². The van der Waals surface area contributed by atoms with Crippen molar-refractivity contribution in [2.75, 3.05) is 5.32 Å². The Morgan fingerprint density at radius 2 is 2.00 bits per heavy atom. The van der Waals surface area contributed by atoms with Gasteiger partial charge in [0.05, 0.1) is 5.52 Å². The predicted octanol–water partition coefficient (Wildman–Crippen LogP) is 3.38. The second-order valence-corrected chi connectivity index (χ2v) is 6.59. The number of para-hydroxylation sites is 1. The van der Waals surface area contributed by atoms with Crippen LogP contribution in [-0.2, 0) is 6.42 Å². The first-order valence-corrected chi connectivity index (χ1v) is 8.24. The number of pyridine rings is 1. The van der Waals surface area contributed by atoms with E-state index in [2.05, 4.69) is 5.32 Å². The number of carbonyl (C=O) groups is 1. The van der Waals surface area contributed by atoms with E-state index < -0.39 is 11.5 Å². The van der Waals surface area contributed by atoms with E-state index >= 15 is 0 Å². The highest BCUT2D eigenvalue weighted by Gasteiger charge is 2.29. The SMILES string of the molecule is Cc1cccc(NC(=O)c2c(O)c3cccc4c3n(c2=O)[C@@H](C)C4)c1. The van der Waals surface area contributed by atoms with Crippen molar-refractivity contribution < 1.29 is 9.90 Å². The summed E-state index contributed by atoms with van der Waals surface area (Å²) in [5.74, 6) is -0.847. The van der Waals surface area contributed by atoms with Crippen LogP contribution in [0, 0.1) is 6.92 Å². The van der Waals surface area contributed by atoms with Crippen LogP contribution < -0.4 is 10.9 Å². The van der Waals surface area contributed by atoms with E-state index in [1.165, 1.54) is 0 Å². The maximum absolute atomic E-state index is 12.9. The summed E-state index contributed by atoms with van der Waals surface area (Å²) in [5, 5.41) is 13.9. The quantitative estimate of drug-likeness (QED) is 0.755. The van der Waals surface area contributed by atoms with Crippen LogP contribution in [0.4, 0.5) is 5.69 Å². The van der Waals surface area contributed by atoms with Crippen LogP contribution in [0.1, 0.15) is 34.5 Å². The first kappa shape index (κ1) is 15.4. The molecular formula is C20H18N2O3. The van der Waals surface area contributed by atoms with Crippen LogP contribution in [0.3, 0.4) is 0 Å². The molecule has 1 amide bonds. The van der Waals surface area contributed by atoms with Crippen LogP contribution in [0.2, 0.25) is 0 Å². The number of benzene rings is 2. The van der Waals surface area contributed by atoms with Crippen LogP contribution in [0.5, 0.6) is 5.75 Å². The van der Waals surface area contributed by atoms with Crippen LogP contribution in [0.15, 0.2) is 47.3 Å². The number of anilines is 1. The van der Waals surface area contributed by atoms with Crippen molar-refractivity contribution in [3.8, 4) is 5.75 Å². The van der Waals surface area contributed by atoms with Gasteiger partial charge in [0.2, 0.25) is 0 Å². The van der Waals surface area contributed by atoms with Crippen molar-refractivity contribution in [3.05, 3.63) is 69.5 Å². The van der Waals surface area contributed by atoms with Gasteiger partial charge in [0.1, 0.15) is 11.3 Å².